The van der Waals surface area contributed by atoms with E-state index < -0.39 is 11.4 Å². The molecule has 1 aliphatic heterocycles. The van der Waals surface area contributed by atoms with Crippen LogP contribution in [0.2, 0.25) is 5.02 Å². The number of furan rings is 1. The summed E-state index contributed by atoms with van der Waals surface area (Å²) in [7, 11) is 1.47. The number of ether oxygens (including phenoxy) is 1. The van der Waals surface area contributed by atoms with Crippen LogP contribution in [0, 0.1) is 12.3 Å². The standard InChI is InChI=1S/C18H20ClNO5/c1-11-12-5-3-6-13(19)15(12)25-14(11)16(21)20-8-4-7-18(9-20,10-24-2)17(22)23/h3,5-6H,4,7-10H2,1-2H3,(H,22,23). The van der Waals surface area contributed by atoms with Crippen molar-refractivity contribution in [3.05, 3.63) is 34.5 Å². The minimum atomic E-state index is -1.08. The Morgan fingerprint density at radius 1 is 1.44 bits per heavy atom. The number of aliphatic carboxylic acids is 1. The molecule has 1 aromatic heterocycles. The number of rotatable bonds is 4. The van der Waals surface area contributed by atoms with Crippen molar-refractivity contribution in [3.8, 4) is 0 Å². The van der Waals surface area contributed by atoms with Crippen LogP contribution in [-0.2, 0) is 9.53 Å². The number of aryl methyl sites for hydroxylation is 1. The molecule has 1 N–H and O–H groups in total. The molecule has 2 heterocycles. The zero-order chi connectivity index (χ0) is 18.2. The Hall–Kier alpha value is -2.05. The fourth-order valence-electron chi connectivity index (χ4n) is 3.49. The normalized spacial score (nSPS) is 20.8. The molecule has 0 radical (unpaired) electrons. The zero-order valence-corrected chi connectivity index (χ0v) is 14.9. The predicted molar refractivity (Wildman–Crippen MR) is 93.0 cm³/mol. The smallest absolute Gasteiger partial charge is 0.313 e. The zero-order valence-electron chi connectivity index (χ0n) is 14.2. The average molecular weight is 366 g/mol. The second kappa shape index (κ2) is 6.69. The summed E-state index contributed by atoms with van der Waals surface area (Å²) in [5, 5.41) is 10.9. The van der Waals surface area contributed by atoms with Crippen molar-refractivity contribution in [2.24, 2.45) is 5.41 Å². The number of halogens is 1. The van der Waals surface area contributed by atoms with E-state index in [0.29, 0.717) is 35.6 Å². The summed E-state index contributed by atoms with van der Waals surface area (Å²) in [5.41, 5.74) is 0.101. The SMILES string of the molecule is COCC1(C(=O)O)CCCN(C(=O)c2oc3c(Cl)cccc3c2C)C1. The largest absolute Gasteiger partial charge is 0.481 e. The lowest BCUT2D eigenvalue weighted by Gasteiger charge is -2.39. The Bertz CT molecular complexity index is 826. The van der Waals surface area contributed by atoms with Crippen LogP contribution in [0.25, 0.3) is 11.0 Å². The number of amides is 1. The Labute approximate surface area is 150 Å². The number of hydrogen-bond acceptors (Lipinski definition) is 4. The van der Waals surface area contributed by atoms with Gasteiger partial charge in [-0.3, -0.25) is 9.59 Å². The molecule has 0 saturated carbocycles. The molecule has 1 fully saturated rings. The van der Waals surface area contributed by atoms with Crippen molar-refractivity contribution < 1.29 is 23.8 Å². The number of carboxylic acid groups (broad SMARTS) is 1. The topological polar surface area (TPSA) is 80.0 Å². The maximum Gasteiger partial charge on any atom is 0.313 e. The first-order valence-electron chi connectivity index (χ1n) is 8.09. The van der Waals surface area contributed by atoms with Gasteiger partial charge in [0.05, 0.1) is 11.6 Å². The van der Waals surface area contributed by atoms with Crippen molar-refractivity contribution in [2.75, 3.05) is 26.8 Å². The molecule has 1 amide bonds. The summed E-state index contributed by atoms with van der Waals surface area (Å²) in [6, 6.07) is 5.35. The van der Waals surface area contributed by atoms with Gasteiger partial charge in [0.25, 0.3) is 5.91 Å². The minimum Gasteiger partial charge on any atom is -0.481 e. The fraction of sp³-hybridized carbons (Fsp3) is 0.444. The van der Waals surface area contributed by atoms with Gasteiger partial charge in [0.1, 0.15) is 5.41 Å². The number of carbonyl (C=O) groups excluding carboxylic acids is 1. The maximum absolute atomic E-state index is 13.0. The van der Waals surface area contributed by atoms with Crippen LogP contribution in [0.1, 0.15) is 29.0 Å². The number of likely N-dealkylation sites (tertiary alicyclic amines) is 1. The number of piperidine rings is 1. The molecule has 6 nitrogen and oxygen atoms in total. The molecule has 25 heavy (non-hydrogen) atoms. The summed E-state index contributed by atoms with van der Waals surface area (Å²) in [6.45, 7) is 2.46. The number of methoxy groups -OCH3 is 1. The number of hydrogen-bond donors (Lipinski definition) is 1. The molecule has 1 aromatic carbocycles. The van der Waals surface area contributed by atoms with E-state index in [0.717, 1.165) is 5.39 Å². The summed E-state index contributed by atoms with van der Waals surface area (Å²) >= 11 is 6.15. The summed E-state index contributed by atoms with van der Waals surface area (Å²) in [6.07, 6.45) is 1.08. The van der Waals surface area contributed by atoms with Gasteiger partial charge in [0.2, 0.25) is 0 Å². The molecule has 0 spiro atoms. The molecule has 3 rings (SSSR count). The van der Waals surface area contributed by atoms with E-state index in [2.05, 4.69) is 0 Å². The second-order valence-corrected chi connectivity index (χ2v) is 6.93. The van der Waals surface area contributed by atoms with Crippen LogP contribution < -0.4 is 0 Å². The molecule has 1 unspecified atom stereocenters. The van der Waals surface area contributed by atoms with Crippen molar-refractivity contribution >= 4 is 34.4 Å². The van der Waals surface area contributed by atoms with Crippen molar-refractivity contribution in [2.45, 2.75) is 19.8 Å². The van der Waals surface area contributed by atoms with Crippen LogP contribution >= 0.6 is 11.6 Å². The second-order valence-electron chi connectivity index (χ2n) is 6.52. The van der Waals surface area contributed by atoms with Gasteiger partial charge in [-0.2, -0.15) is 0 Å². The van der Waals surface area contributed by atoms with Gasteiger partial charge in [0, 0.05) is 31.1 Å². The molecule has 0 bridgehead atoms. The van der Waals surface area contributed by atoms with Crippen molar-refractivity contribution in [1.29, 1.82) is 0 Å². The van der Waals surface area contributed by atoms with Gasteiger partial charge in [-0.05, 0) is 25.8 Å². The number of carboxylic acids is 1. The number of fused-ring (bicyclic) bond motifs is 1. The highest BCUT2D eigenvalue weighted by Gasteiger charge is 2.44. The molecular formula is C18H20ClNO5. The van der Waals surface area contributed by atoms with Gasteiger partial charge in [-0.25, -0.2) is 0 Å². The van der Waals surface area contributed by atoms with E-state index in [1.54, 1.807) is 19.1 Å². The minimum absolute atomic E-state index is 0.0665. The quantitative estimate of drug-likeness (QED) is 0.898. The Morgan fingerprint density at radius 2 is 2.20 bits per heavy atom. The maximum atomic E-state index is 13.0. The summed E-state index contributed by atoms with van der Waals surface area (Å²) < 4.78 is 10.8. The highest BCUT2D eigenvalue weighted by atomic mass is 35.5. The first kappa shape index (κ1) is 17.8. The highest BCUT2D eigenvalue weighted by molar-refractivity contribution is 6.35. The van der Waals surface area contributed by atoms with Gasteiger partial charge in [0.15, 0.2) is 11.3 Å². The van der Waals surface area contributed by atoms with Gasteiger partial charge in [-0.1, -0.05) is 23.7 Å². The summed E-state index contributed by atoms with van der Waals surface area (Å²) in [4.78, 5) is 26.3. The Kier molecular flexibility index (Phi) is 4.75. The Morgan fingerprint density at radius 3 is 2.84 bits per heavy atom. The van der Waals surface area contributed by atoms with Gasteiger partial charge < -0.3 is 19.2 Å². The number of benzene rings is 1. The highest BCUT2D eigenvalue weighted by Crippen LogP contribution is 2.34. The van der Waals surface area contributed by atoms with Crippen LogP contribution in [0.4, 0.5) is 0 Å². The van der Waals surface area contributed by atoms with E-state index in [-0.39, 0.29) is 24.8 Å². The van der Waals surface area contributed by atoms with E-state index in [9.17, 15) is 14.7 Å². The lowest BCUT2D eigenvalue weighted by atomic mass is 9.80. The van der Waals surface area contributed by atoms with Gasteiger partial charge in [-0.15, -0.1) is 0 Å². The van der Waals surface area contributed by atoms with E-state index in [1.807, 2.05) is 6.07 Å². The molecule has 2 aromatic rings. The average Bonchev–Trinajstić information content (AvgIpc) is 2.93. The molecular weight excluding hydrogens is 346 g/mol. The molecule has 1 saturated heterocycles. The van der Waals surface area contributed by atoms with E-state index in [4.69, 9.17) is 20.8 Å². The molecule has 1 atom stereocenters. The van der Waals surface area contributed by atoms with Crippen LogP contribution in [0.5, 0.6) is 0 Å². The summed E-state index contributed by atoms with van der Waals surface area (Å²) in [5.74, 6) is -1.05. The van der Waals surface area contributed by atoms with Crippen LogP contribution in [0.15, 0.2) is 22.6 Å². The van der Waals surface area contributed by atoms with E-state index >= 15 is 0 Å². The third-order valence-electron chi connectivity index (χ3n) is 4.85. The van der Waals surface area contributed by atoms with Crippen molar-refractivity contribution in [3.63, 3.8) is 0 Å². The third-order valence-corrected chi connectivity index (χ3v) is 5.15. The molecule has 134 valence electrons. The van der Waals surface area contributed by atoms with Crippen molar-refractivity contribution in [1.82, 2.24) is 4.90 Å². The number of nitrogens with zero attached hydrogens (tertiary/aromatic N) is 1. The first-order chi connectivity index (χ1) is 11.9. The van der Waals surface area contributed by atoms with Crippen LogP contribution in [0.3, 0.4) is 0 Å². The number of para-hydroxylation sites is 1. The molecule has 1 aliphatic rings. The predicted octanol–water partition coefficient (Wildman–Crippen LogP) is 3.35. The fourth-order valence-corrected chi connectivity index (χ4v) is 3.71. The lowest BCUT2D eigenvalue weighted by molar-refractivity contribution is -0.155. The first-order valence-corrected chi connectivity index (χ1v) is 8.46. The Balaban J connectivity index is 1.94. The monoisotopic (exact) mass is 365 g/mol. The van der Waals surface area contributed by atoms with Gasteiger partial charge >= 0.3 is 5.97 Å². The lowest BCUT2D eigenvalue weighted by Crippen LogP contribution is -2.52. The molecule has 7 heteroatoms. The molecule has 0 aliphatic carbocycles. The third kappa shape index (κ3) is 3.00. The van der Waals surface area contributed by atoms with E-state index in [1.165, 1.54) is 12.0 Å². The number of carbonyl (C=O) groups is 2. The van der Waals surface area contributed by atoms with Crippen LogP contribution in [-0.4, -0.2) is 48.7 Å².